The largest absolute Gasteiger partial charge is 0.496 e. The van der Waals surface area contributed by atoms with E-state index in [1.54, 1.807) is 25.3 Å². The van der Waals surface area contributed by atoms with Gasteiger partial charge in [0.05, 0.1) is 12.7 Å². The maximum absolute atomic E-state index is 12.0. The topological polar surface area (TPSA) is 47.9 Å². The highest BCUT2D eigenvalue weighted by Gasteiger charge is 2.26. The summed E-state index contributed by atoms with van der Waals surface area (Å²) in [4.78, 5) is 16.3. The van der Waals surface area contributed by atoms with Crippen LogP contribution < -0.4 is 4.74 Å². The standard InChI is InChI=1S/C17H12INO3/c1-21-15-8-3-2-7-13(15)16-19-14(17(20)22-16)10-11-5-4-6-12(18)9-11/h2-10H,1H3/b14-10-. The first-order chi connectivity index (χ1) is 10.7. The van der Waals surface area contributed by atoms with E-state index in [0.29, 0.717) is 11.3 Å². The SMILES string of the molecule is COc1ccccc1C1=N/C(=C\c2cccc(I)c2)C(=O)O1. The van der Waals surface area contributed by atoms with Gasteiger partial charge in [-0.15, -0.1) is 0 Å². The predicted octanol–water partition coefficient (Wildman–Crippen LogP) is 3.64. The number of cyclic esters (lactones) is 1. The van der Waals surface area contributed by atoms with Crippen LogP contribution in [0.4, 0.5) is 0 Å². The normalized spacial score (nSPS) is 15.6. The first-order valence-corrected chi connectivity index (χ1v) is 7.67. The fraction of sp³-hybridized carbons (Fsp3) is 0.0588. The number of carbonyl (C=O) groups is 1. The Labute approximate surface area is 141 Å². The Hall–Kier alpha value is -2.15. The summed E-state index contributed by atoms with van der Waals surface area (Å²) in [5, 5.41) is 0. The number of esters is 1. The second-order valence-corrected chi connectivity index (χ2v) is 5.84. The smallest absolute Gasteiger partial charge is 0.363 e. The Morgan fingerprint density at radius 2 is 2.00 bits per heavy atom. The van der Waals surface area contributed by atoms with Gasteiger partial charge in [0.2, 0.25) is 5.90 Å². The van der Waals surface area contributed by atoms with Crippen LogP contribution in [0.5, 0.6) is 5.75 Å². The van der Waals surface area contributed by atoms with Crippen LogP contribution in [0.2, 0.25) is 0 Å². The molecule has 110 valence electrons. The van der Waals surface area contributed by atoms with Crippen LogP contribution >= 0.6 is 22.6 Å². The highest BCUT2D eigenvalue weighted by atomic mass is 127. The molecule has 1 heterocycles. The first-order valence-electron chi connectivity index (χ1n) is 6.59. The molecule has 1 aliphatic heterocycles. The van der Waals surface area contributed by atoms with Gasteiger partial charge in [-0.1, -0.05) is 24.3 Å². The summed E-state index contributed by atoms with van der Waals surface area (Å²) in [6, 6.07) is 15.1. The van der Waals surface area contributed by atoms with E-state index < -0.39 is 5.97 Å². The molecule has 0 saturated heterocycles. The third-order valence-corrected chi connectivity index (χ3v) is 3.78. The van der Waals surface area contributed by atoms with Gasteiger partial charge < -0.3 is 9.47 Å². The van der Waals surface area contributed by atoms with E-state index in [0.717, 1.165) is 9.13 Å². The number of methoxy groups -OCH3 is 1. The van der Waals surface area contributed by atoms with Gasteiger partial charge >= 0.3 is 5.97 Å². The zero-order chi connectivity index (χ0) is 15.5. The van der Waals surface area contributed by atoms with Crippen LogP contribution in [0.25, 0.3) is 6.08 Å². The number of hydrogen-bond donors (Lipinski definition) is 0. The monoisotopic (exact) mass is 405 g/mol. The molecule has 3 rings (SSSR count). The molecule has 0 radical (unpaired) electrons. The first kappa shape index (κ1) is 14.8. The minimum atomic E-state index is -0.459. The number of aliphatic imine (C=N–C) groups is 1. The molecule has 0 amide bonds. The summed E-state index contributed by atoms with van der Waals surface area (Å²) in [5.41, 5.74) is 1.84. The summed E-state index contributed by atoms with van der Waals surface area (Å²) >= 11 is 2.22. The van der Waals surface area contributed by atoms with Crippen LogP contribution in [0.1, 0.15) is 11.1 Å². The van der Waals surface area contributed by atoms with Crippen molar-refractivity contribution in [1.82, 2.24) is 0 Å². The average molecular weight is 405 g/mol. The Balaban J connectivity index is 1.98. The Morgan fingerprint density at radius 1 is 1.18 bits per heavy atom. The molecule has 0 saturated carbocycles. The Morgan fingerprint density at radius 3 is 2.77 bits per heavy atom. The average Bonchev–Trinajstić information content (AvgIpc) is 2.88. The molecule has 0 bridgehead atoms. The predicted molar refractivity (Wildman–Crippen MR) is 92.8 cm³/mol. The quantitative estimate of drug-likeness (QED) is 0.445. The number of hydrogen-bond acceptors (Lipinski definition) is 4. The van der Waals surface area contributed by atoms with Crippen molar-refractivity contribution in [3.05, 3.63) is 68.9 Å². The van der Waals surface area contributed by atoms with Gasteiger partial charge in [0.25, 0.3) is 0 Å². The van der Waals surface area contributed by atoms with Crippen LogP contribution in [0, 0.1) is 3.57 Å². The zero-order valence-corrected chi connectivity index (χ0v) is 13.9. The van der Waals surface area contributed by atoms with E-state index in [9.17, 15) is 4.79 Å². The highest BCUT2D eigenvalue weighted by molar-refractivity contribution is 14.1. The lowest BCUT2D eigenvalue weighted by Crippen LogP contribution is -2.06. The van der Waals surface area contributed by atoms with Crippen LogP contribution in [-0.4, -0.2) is 19.0 Å². The van der Waals surface area contributed by atoms with E-state index in [2.05, 4.69) is 27.6 Å². The van der Waals surface area contributed by atoms with Crippen molar-refractivity contribution in [2.24, 2.45) is 4.99 Å². The molecule has 0 spiro atoms. The van der Waals surface area contributed by atoms with Crippen LogP contribution in [-0.2, 0) is 9.53 Å². The van der Waals surface area contributed by atoms with Crippen molar-refractivity contribution in [3.63, 3.8) is 0 Å². The maximum atomic E-state index is 12.0. The van der Waals surface area contributed by atoms with Gasteiger partial charge in [-0.05, 0) is 58.5 Å². The number of para-hydroxylation sites is 1. The molecule has 0 aliphatic carbocycles. The maximum Gasteiger partial charge on any atom is 0.363 e. The zero-order valence-electron chi connectivity index (χ0n) is 11.7. The summed E-state index contributed by atoms with van der Waals surface area (Å²) < 4.78 is 11.6. The molecule has 0 N–H and O–H groups in total. The Bertz CT molecular complexity index is 796. The minimum absolute atomic E-state index is 0.263. The molecule has 22 heavy (non-hydrogen) atoms. The third-order valence-electron chi connectivity index (χ3n) is 3.11. The van der Waals surface area contributed by atoms with Crippen molar-refractivity contribution in [3.8, 4) is 5.75 Å². The molecule has 4 nitrogen and oxygen atoms in total. The summed E-state index contributed by atoms with van der Waals surface area (Å²) in [7, 11) is 1.57. The molecule has 2 aromatic rings. The lowest BCUT2D eigenvalue weighted by Gasteiger charge is -2.05. The van der Waals surface area contributed by atoms with Gasteiger partial charge in [-0.2, -0.15) is 0 Å². The van der Waals surface area contributed by atoms with Crippen LogP contribution in [0.3, 0.4) is 0 Å². The van der Waals surface area contributed by atoms with Gasteiger partial charge in [0, 0.05) is 3.57 Å². The summed E-state index contributed by atoms with van der Waals surface area (Å²) in [5.74, 6) is 0.420. The second-order valence-electron chi connectivity index (χ2n) is 4.59. The molecular formula is C17H12INO3. The van der Waals surface area contributed by atoms with Gasteiger partial charge in [-0.3, -0.25) is 0 Å². The number of nitrogens with zero attached hydrogens (tertiary/aromatic N) is 1. The van der Waals surface area contributed by atoms with Gasteiger partial charge in [0.15, 0.2) is 5.70 Å². The molecule has 5 heteroatoms. The minimum Gasteiger partial charge on any atom is -0.496 e. The molecule has 0 unspecified atom stereocenters. The number of ether oxygens (including phenoxy) is 2. The summed E-state index contributed by atoms with van der Waals surface area (Å²) in [6.45, 7) is 0. The molecule has 0 fully saturated rings. The number of carbonyl (C=O) groups excluding carboxylic acids is 1. The number of halogens is 1. The van der Waals surface area contributed by atoms with Crippen molar-refractivity contribution in [2.75, 3.05) is 7.11 Å². The summed E-state index contributed by atoms with van der Waals surface area (Å²) in [6.07, 6.45) is 1.72. The molecule has 0 aromatic heterocycles. The fourth-order valence-electron chi connectivity index (χ4n) is 2.10. The fourth-order valence-corrected chi connectivity index (χ4v) is 2.67. The number of rotatable bonds is 3. The Kier molecular flexibility index (Phi) is 4.24. The van der Waals surface area contributed by atoms with Crippen LogP contribution in [0.15, 0.2) is 59.2 Å². The van der Waals surface area contributed by atoms with Gasteiger partial charge in [0.1, 0.15) is 5.75 Å². The third kappa shape index (κ3) is 3.04. The lowest BCUT2D eigenvalue weighted by atomic mass is 10.2. The van der Waals surface area contributed by atoms with Crippen molar-refractivity contribution >= 4 is 40.5 Å². The highest BCUT2D eigenvalue weighted by Crippen LogP contribution is 2.25. The van der Waals surface area contributed by atoms with Crippen molar-refractivity contribution in [2.45, 2.75) is 0 Å². The number of benzene rings is 2. The van der Waals surface area contributed by atoms with E-state index in [1.165, 1.54) is 0 Å². The van der Waals surface area contributed by atoms with E-state index in [4.69, 9.17) is 9.47 Å². The molecule has 1 aliphatic rings. The van der Waals surface area contributed by atoms with Crippen molar-refractivity contribution in [1.29, 1.82) is 0 Å². The lowest BCUT2D eigenvalue weighted by molar-refractivity contribution is -0.129. The molecular weight excluding hydrogens is 393 g/mol. The second kappa shape index (κ2) is 6.31. The van der Waals surface area contributed by atoms with E-state index >= 15 is 0 Å². The van der Waals surface area contributed by atoms with Crippen molar-refractivity contribution < 1.29 is 14.3 Å². The molecule has 2 aromatic carbocycles. The molecule has 0 atom stereocenters. The van der Waals surface area contributed by atoms with Gasteiger partial charge in [-0.25, -0.2) is 9.79 Å². The van der Waals surface area contributed by atoms with E-state index in [-0.39, 0.29) is 11.6 Å². The van der Waals surface area contributed by atoms with E-state index in [1.807, 2.05) is 36.4 Å².